The van der Waals surface area contributed by atoms with Gasteiger partial charge in [-0.05, 0) is 43.9 Å². The third-order valence-electron chi connectivity index (χ3n) is 3.70. The molecule has 1 saturated carbocycles. The van der Waals surface area contributed by atoms with Crippen molar-refractivity contribution in [3.05, 3.63) is 29.8 Å². The molecule has 108 valence electrons. The second-order valence-corrected chi connectivity index (χ2v) is 5.91. The van der Waals surface area contributed by atoms with E-state index in [0.717, 1.165) is 25.0 Å². The van der Waals surface area contributed by atoms with Gasteiger partial charge in [0.25, 0.3) is 0 Å². The molecule has 1 aromatic rings. The van der Waals surface area contributed by atoms with Crippen LogP contribution in [0.2, 0.25) is 0 Å². The zero-order valence-electron chi connectivity index (χ0n) is 12.5. The van der Waals surface area contributed by atoms with Crippen molar-refractivity contribution in [3.63, 3.8) is 0 Å². The van der Waals surface area contributed by atoms with Crippen LogP contribution in [0.5, 0.6) is 5.75 Å². The first-order valence-corrected chi connectivity index (χ1v) is 7.56. The molecule has 3 nitrogen and oxygen atoms in total. The van der Waals surface area contributed by atoms with E-state index in [1.165, 1.54) is 19.3 Å². The summed E-state index contributed by atoms with van der Waals surface area (Å²) in [7, 11) is 0. The van der Waals surface area contributed by atoms with Gasteiger partial charge in [-0.15, -0.1) is 0 Å². The Balaban J connectivity index is 1.79. The number of nitriles is 1. The van der Waals surface area contributed by atoms with Crippen LogP contribution < -0.4 is 4.74 Å². The Labute approximate surface area is 122 Å². The molecule has 1 aliphatic carbocycles. The maximum absolute atomic E-state index is 9.03. The molecule has 1 fully saturated rings. The Kier molecular flexibility index (Phi) is 5.43. The molecule has 1 aliphatic rings. The van der Waals surface area contributed by atoms with Crippen molar-refractivity contribution < 1.29 is 4.74 Å². The highest BCUT2D eigenvalue weighted by Crippen LogP contribution is 2.27. The summed E-state index contributed by atoms with van der Waals surface area (Å²) < 4.78 is 5.78. The highest BCUT2D eigenvalue weighted by Gasteiger charge is 2.28. The molecule has 0 spiro atoms. The van der Waals surface area contributed by atoms with Gasteiger partial charge >= 0.3 is 0 Å². The number of para-hydroxylation sites is 1. The average molecular weight is 272 g/mol. The number of benzene rings is 1. The summed E-state index contributed by atoms with van der Waals surface area (Å²) in [6.07, 6.45) is 3.89. The Bertz CT molecular complexity index is 460. The van der Waals surface area contributed by atoms with Crippen LogP contribution in [0.1, 0.15) is 38.7 Å². The van der Waals surface area contributed by atoms with E-state index in [1.807, 2.05) is 18.2 Å². The molecule has 0 heterocycles. The molecular weight excluding hydrogens is 248 g/mol. The molecule has 0 unspecified atom stereocenters. The third-order valence-corrected chi connectivity index (χ3v) is 3.70. The molecule has 1 aromatic carbocycles. The van der Waals surface area contributed by atoms with Crippen LogP contribution in [0.15, 0.2) is 24.3 Å². The van der Waals surface area contributed by atoms with Gasteiger partial charge in [-0.2, -0.15) is 5.26 Å². The normalized spacial score (nSPS) is 14.6. The van der Waals surface area contributed by atoms with Crippen molar-refractivity contribution in [3.8, 4) is 11.8 Å². The van der Waals surface area contributed by atoms with Crippen LogP contribution in [0, 0.1) is 17.2 Å². The molecule has 3 heteroatoms. The van der Waals surface area contributed by atoms with Crippen molar-refractivity contribution in [2.75, 3.05) is 19.7 Å². The van der Waals surface area contributed by atoms with Crippen LogP contribution >= 0.6 is 0 Å². The molecule has 2 rings (SSSR count). The average Bonchev–Trinajstić information content (AvgIpc) is 3.27. The van der Waals surface area contributed by atoms with E-state index in [1.54, 1.807) is 6.07 Å². The molecule has 0 saturated heterocycles. The summed E-state index contributed by atoms with van der Waals surface area (Å²) in [6.45, 7) is 7.31. The minimum Gasteiger partial charge on any atom is -0.491 e. The predicted molar refractivity (Wildman–Crippen MR) is 80.7 cm³/mol. The Hall–Kier alpha value is -1.53. The molecular formula is C17H24N2O. The van der Waals surface area contributed by atoms with E-state index >= 15 is 0 Å². The standard InChI is InChI=1S/C17H24N2O/c1-14(2)9-10-19(16-7-8-16)11-12-20-17-6-4-3-5-15(17)13-18/h3-6,14,16H,7-12H2,1-2H3. The molecule has 0 radical (unpaired) electrons. The summed E-state index contributed by atoms with van der Waals surface area (Å²) in [5.74, 6) is 1.45. The van der Waals surface area contributed by atoms with E-state index < -0.39 is 0 Å². The van der Waals surface area contributed by atoms with Crippen LogP contribution in [0.25, 0.3) is 0 Å². The summed E-state index contributed by atoms with van der Waals surface area (Å²) in [5.41, 5.74) is 0.618. The molecule has 0 aliphatic heterocycles. The SMILES string of the molecule is CC(C)CCN(CCOc1ccccc1C#N)C1CC1. The van der Waals surface area contributed by atoms with E-state index in [0.29, 0.717) is 17.9 Å². The molecule has 0 amide bonds. The van der Waals surface area contributed by atoms with Crippen molar-refractivity contribution in [1.29, 1.82) is 5.26 Å². The van der Waals surface area contributed by atoms with Crippen molar-refractivity contribution >= 4 is 0 Å². The molecule has 0 N–H and O–H groups in total. The van der Waals surface area contributed by atoms with Crippen LogP contribution in [-0.2, 0) is 0 Å². The first-order valence-electron chi connectivity index (χ1n) is 7.56. The lowest BCUT2D eigenvalue weighted by Gasteiger charge is -2.23. The maximum Gasteiger partial charge on any atom is 0.137 e. The monoisotopic (exact) mass is 272 g/mol. The third kappa shape index (κ3) is 4.54. The number of nitrogens with zero attached hydrogens (tertiary/aromatic N) is 2. The fraction of sp³-hybridized carbons (Fsp3) is 0.588. The smallest absolute Gasteiger partial charge is 0.137 e. The van der Waals surface area contributed by atoms with Gasteiger partial charge in [0.1, 0.15) is 18.4 Å². The second-order valence-electron chi connectivity index (χ2n) is 5.91. The predicted octanol–water partition coefficient (Wildman–Crippen LogP) is 3.45. The number of ether oxygens (including phenoxy) is 1. The zero-order chi connectivity index (χ0) is 14.4. The maximum atomic E-state index is 9.03. The summed E-state index contributed by atoms with van der Waals surface area (Å²) in [4.78, 5) is 2.54. The van der Waals surface area contributed by atoms with Gasteiger partial charge in [0, 0.05) is 12.6 Å². The lowest BCUT2D eigenvalue weighted by Crippen LogP contribution is -2.32. The van der Waals surface area contributed by atoms with Gasteiger partial charge in [0.2, 0.25) is 0 Å². The van der Waals surface area contributed by atoms with Gasteiger partial charge in [-0.25, -0.2) is 0 Å². The molecule has 0 aromatic heterocycles. The molecule has 0 bridgehead atoms. The van der Waals surface area contributed by atoms with Crippen LogP contribution in [0.3, 0.4) is 0 Å². The fourth-order valence-corrected chi connectivity index (χ4v) is 2.30. The lowest BCUT2D eigenvalue weighted by atomic mass is 10.1. The number of hydrogen-bond acceptors (Lipinski definition) is 3. The summed E-state index contributed by atoms with van der Waals surface area (Å²) >= 11 is 0. The van der Waals surface area contributed by atoms with Gasteiger partial charge in [0.15, 0.2) is 0 Å². The summed E-state index contributed by atoms with van der Waals surface area (Å²) in [5, 5.41) is 9.03. The van der Waals surface area contributed by atoms with Crippen LogP contribution in [0.4, 0.5) is 0 Å². The van der Waals surface area contributed by atoms with Gasteiger partial charge < -0.3 is 4.74 Å². The first-order chi connectivity index (χ1) is 9.70. The Morgan fingerprint density at radius 2 is 2.05 bits per heavy atom. The van der Waals surface area contributed by atoms with Gasteiger partial charge in [0.05, 0.1) is 5.56 Å². The highest BCUT2D eigenvalue weighted by atomic mass is 16.5. The minimum absolute atomic E-state index is 0.618. The van der Waals surface area contributed by atoms with Crippen molar-refractivity contribution in [1.82, 2.24) is 4.90 Å². The zero-order valence-corrected chi connectivity index (χ0v) is 12.5. The first kappa shape index (κ1) is 14.9. The van der Waals surface area contributed by atoms with Crippen LogP contribution in [-0.4, -0.2) is 30.6 Å². The van der Waals surface area contributed by atoms with E-state index in [9.17, 15) is 0 Å². The number of hydrogen-bond donors (Lipinski definition) is 0. The molecule has 0 atom stereocenters. The van der Waals surface area contributed by atoms with E-state index in [2.05, 4.69) is 24.8 Å². The Morgan fingerprint density at radius 3 is 2.70 bits per heavy atom. The number of rotatable bonds is 8. The van der Waals surface area contributed by atoms with Crippen molar-refractivity contribution in [2.24, 2.45) is 5.92 Å². The van der Waals surface area contributed by atoms with E-state index in [-0.39, 0.29) is 0 Å². The van der Waals surface area contributed by atoms with Gasteiger partial charge in [-0.1, -0.05) is 26.0 Å². The quantitative estimate of drug-likeness (QED) is 0.727. The second kappa shape index (κ2) is 7.31. The largest absolute Gasteiger partial charge is 0.491 e. The topological polar surface area (TPSA) is 36.3 Å². The van der Waals surface area contributed by atoms with E-state index in [4.69, 9.17) is 10.00 Å². The molecule has 20 heavy (non-hydrogen) atoms. The highest BCUT2D eigenvalue weighted by molar-refractivity contribution is 5.42. The van der Waals surface area contributed by atoms with Crippen molar-refractivity contribution in [2.45, 2.75) is 39.2 Å². The fourth-order valence-electron chi connectivity index (χ4n) is 2.30. The minimum atomic E-state index is 0.618. The Morgan fingerprint density at radius 1 is 1.30 bits per heavy atom. The lowest BCUT2D eigenvalue weighted by molar-refractivity contribution is 0.193. The summed E-state index contributed by atoms with van der Waals surface area (Å²) in [6, 6.07) is 10.4. The van der Waals surface area contributed by atoms with Gasteiger partial charge in [-0.3, -0.25) is 4.90 Å².